The fourth-order valence-corrected chi connectivity index (χ4v) is 3.04. The number of methoxy groups -OCH3 is 1. The molecule has 0 aliphatic rings. The molecule has 130 valence electrons. The maximum Gasteiger partial charge on any atom is 0.408 e. The molecular weight excluding hydrogens is 371 g/mol. The highest BCUT2D eigenvalue weighted by Gasteiger charge is 2.43. The summed E-state index contributed by atoms with van der Waals surface area (Å²) in [6.45, 7) is 0. The second-order valence-electron chi connectivity index (χ2n) is 4.55. The van der Waals surface area contributed by atoms with Gasteiger partial charge in [-0.1, -0.05) is 23.7 Å². The average molecular weight is 382 g/mol. The topological polar surface area (TPSA) is 81.2 Å². The molecule has 2 aromatic rings. The molecule has 1 atom stereocenters. The summed E-state index contributed by atoms with van der Waals surface area (Å²) in [4.78, 5) is 7.08. The van der Waals surface area contributed by atoms with Gasteiger partial charge in [0.05, 0.1) is 7.11 Å². The minimum Gasteiger partial charge on any atom is -0.481 e. The van der Waals surface area contributed by atoms with Crippen molar-refractivity contribution in [3.63, 3.8) is 0 Å². The number of ether oxygens (including phenoxy) is 1. The van der Waals surface area contributed by atoms with Crippen LogP contribution < -0.4 is 9.46 Å². The van der Waals surface area contributed by atoms with Crippen LogP contribution in [0.3, 0.4) is 0 Å². The van der Waals surface area contributed by atoms with E-state index in [1.54, 1.807) is 4.72 Å². The van der Waals surface area contributed by atoms with Gasteiger partial charge >= 0.3 is 6.18 Å². The Balaban J connectivity index is 2.40. The predicted molar refractivity (Wildman–Crippen MR) is 79.2 cm³/mol. The fourth-order valence-electron chi connectivity index (χ4n) is 1.78. The van der Waals surface area contributed by atoms with Crippen molar-refractivity contribution in [1.29, 1.82) is 0 Å². The van der Waals surface area contributed by atoms with Crippen LogP contribution in [-0.2, 0) is 10.0 Å². The zero-order valence-electron chi connectivity index (χ0n) is 12.1. The Morgan fingerprint density at radius 2 is 1.83 bits per heavy atom. The van der Waals surface area contributed by atoms with E-state index in [4.69, 9.17) is 16.3 Å². The molecule has 11 heteroatoms. The van der Waals surface area contributed by atoms with E-state index < -0.39 is 27.3 Å². The lowest BCUT2D eigenvalue weighted by Gasteiger charge is -2.21. The maximum atomic E-state index is 13.3. The molecule has 2 rings (SSSR count). The molecule has 6 nitrogen and oxygen atoms in total. The number of hydrogen-bond acceptors (Lipinski definition) is 5. The molecule has 0 fully saturated rings. The van der Waals surface area contributed by atoms with Gasteiger partial charge in [0.25, 0.3) is 10.0 Å². The van der Waals surface area contributed by atoms with Gasteiger partial charge in [-0.15, -0.1) is 0 Å². The van der Waals surface area contributed by atoms with Crippen molar-refractivity contribution in [1.82, 2.24) is 14.7 Å². The van der Waals surface area contributed by atoms with Crippen LogP contribution in [0.4, 0.5) is 13.2 Å². The zero-order valence-corrected chi connectivity index (χ0v) is 13.7. The normalized spacial score (nSPS) is 13.5. The maximum absolute atomic E-state index is 13.3. The molecule has 0 radical (unpaired) electrons. The standard InChI is InChI=1S/C13H11ClF3N3O3S/c1-23-10-6-11(19-7-18-10)24(21,22)20-12(13(15,16)17)8-2-4-9(14)5-3-8/h2-7,12,20H,1H3/t12-/m1/s1. The first-order valence-electron chi connectivity index (χ1n) is 6.34. The summed E-state index contributed by atoms with van der Waals surface area (Å²) in [5.41, 5.74) is -0.309. The number of rotatable bonds is 5. The van der Waals surface area contributed by atoms with Crippen LogP contribution in [0.15, 0.2) is 41.7 Å². The number of benzene rings is 1. The highest BCUT2D eigenvalue weighted by Crippen LogP contribution is 2.34. The van der Waals surface area contributed by atoms with E-state index in [1.165, 1.54) is 19.2 Å². The van der Waals surface area contributed by atoms with Gasteiger partial charge in [0.15, 0.2) is 5.03 Å². The van der Waals surface area contributed by atoms with Crippen LogP contribution in [0.2, 0.25) is 5.02 Å². The zero-order chi connectivity index (χ0) is 18.0. The molecule has 0 amide bonds. The summed E-state index contributed by atoms with van der Waals surface area (Å²) in [6, 6.07) is 3.10. The summed E-state index contributed by atoms with van der Waals surface area (Å²) in [5.74, 6) is -0.0968. The molecule has 0 aliphatic carbocycles. The lowest BCUT2D eigenvalue weighted by molar-refractivity contribution is -0.153. The smallest absolute Gasteiger partial charge is 0.408 e. The lowest BCUT2D eigenvalue weighted by atomic mass is 10.1. The lowest BCUT2D eigenvalue weighted by Crippen LogP contribution is -2.38. The van der Waals surface area contributed by atoms with Crippen molar-refractivity contribution in [3.05, 3.63) is 47.2 Å². The van der Waals surface area contributed by atoms with E-state index in [9.17, 15) is 21.6 Å². The van der Waals surface area contributed by atoms with Crippen LogP contribution in [0.25, 0.3) is 0 Å². The van der Waals surface area contributed by atoms with E-state index in [2.05, 4.69) is 9.97 Å². The van der Waals surface area contributed by atoms with Crippen molar-refractivity contribution < 1.29 is 26.3 Å². The number of aromatic nitrogens is 2. The molecule has 0 saturated heterocycles. The van der Waals surface area contributed by atoms with Gasteiger partial charge in [0.1, 0.15) is 12.4 Å². The van der Waals surface area contributed by atoms with E-state index in [1.807, 2.05) is 0 Å². The van der Waals surface area contributed by atoms with Gasteiger partial charge in [-0.05, 0) is 17.7 Å². The first-order valence-corrected chi connectivity index (χ1v) is 8.20. The largest absolute Gasteiger partial charge is 0.481 e. The molecule has 1 aromatic carbocycles. The Labute approximate surface area is 140 Å². The molecule has 0 spiro atoms. The second kappa shape index (κ2) is 6.91. The Kier molecular flexibility index (Phi) is 5.31. The summed E-state index contributed by atoms with van der Waals surface area (Å²) in [6.07, 6.45) is -3.99. The van der Waals surface area contributed by atoms with Crippen molar-refractivity contribution in [3.8, 4) is 5.88 Å². The first-order chi connectivity index (χ1) is 11.1. The Bertz CT molecular complexity index is 813. The van der Waals surface area contributed by atoms with E-state index in [-0.39, 0.29) is 16.5 Å². The minimum atomic E-state index is -4.86. The second-order valence-corrected chi connectivity index (χ2v) is 6.64. The fraction of sp³-hybridized carbons (Fsp3) is 0.231. The van der Waals surface area contributed by atoms with E-state index in [0.29, 0.717) is 0 Å². The SMILES string of the molecule is COc1cc(S(=O)(=O)N[C@H](c2ccc(Cl)cc2)C(F)(F)F)ncn1. The molecule has 1 heterocycles. The van der Waals surface area contributed by atoms with Gasteiger partial charge in [-0.3, -0.25) is 0 Å². The van der Waals surface area contributed by atoms with Gasteiger partial charge in [-0.2, -0.15) is 17.9 Å². The van der Waals surface area contributed by atoms with Gasteiger partial charge in [0, 0.05) is 11.1 Å². The summed E-state index contributed by atoms with van der Waals surface area (Å²) < 4.78 is 70.6. The minimum absolute atomic E-state index is 0.0968. The van der Waals surface area contributed by atoms with Crippen LogP contribution >= 0.6 is 11.6 Å². The van der Waals surface area contributed by atoms with Crippen LogP contribution in [-0.4, -0.2) is 31.7 Å². The number of halogens is 4. The molecule has 0 saturated carbocycles. The number of nitrogens with one attached hydrogen (secondary N) is 1. The Morgan fingerprint density at radius 3 is 2.38 bits per heavy atom. The molecular formula is C13H11ClF3N3O3S. The number of nitrogens with zero attached hydrogens (tertiary/aromatic N) is 2. The highest BCUT2D eigenvalue weighted by molar-refractivity contribution is 7.89. The molecule has 0 aliphatic heterocycles. The third kappa shape index (κ3) is 4.34. The molecule has 24 heavy (non-hydrogen) atoms. The van der Waals surface area contributed by atoms with E-state index >= 15 is 0 Å². The summed E-state index contributed by atoms with van der Waals surface area (Å²) in [7, 11) is -3.33. The van der Waals surface area contributed by atoms with E-state index in [0.717, 1.165) is 24.5 Å². The molecule has 0 unspecified atom stereocenters. The Morgan fingerprint density at radius 1 is 1.21 bits per heavy atom. The predicted octanol–water partition coefficient (Wildman–Crippen LogP) is 2.72. The number of sulfonamides is 1. The molecule has 1 N–H and O–H groups in total. The average Bonchev–Trinajstić information content (AvgIpc) is 2.53. The molecule has 0 bridgehead atoms. The van der Waals surface area contributed by atoms with Crippen molar-refractivity contribution in [2.75, 3.05) is 7.11 Å². The van der Waals surface area contributed by atoms with Gasteiger partial charge in [-0.25, -0.2) is 18.4 Å². The van der Waals surface area contributed by atoms with Gasteiger partial charge < -0.3 is 4.74 Å². The van der Waals surface area contributed by atoms with Crippen LogP contribution in [0.5, 0.6) is 5.88 Å². The van der Waals surface area contributed by atoms with Crippen molar-refractivity contribution in [2.45, 2.75) is 17.2 Å². The number of hydrogen-bond donors (Lipinski definition) is 1. The van der Waals surface area contributed by atoms with Crippen molar-refractivity contribution >= 4 is 21.6 Å². The van der Waals surface area contributed by atoms with Crippen LogP contribution in [0, 0.1) is 0 Å². The first kappa shape index (κ1) is 18.4. The highest BCUT2D eigenvalue weighted by atomic mass is 35.5. The quantitative estimate of drug-likeness (QED) is 0.805. The number of alkyl halides is 3. The summed E-state index contributed by atoms with van der Waals surface area (Å²) >= 11 is 5.64. The monoisotopic (exact) mass is 381 g/mol. The Hall–Kier alpha value is -1.91. The third-order valence-electron chi connectivity index (χ3n) is 2.91. The molecule has 1 aromatic heterocycles. The summed E-state index contributed by atoms with van der Waals surface area (Å²) in [5, 5.41) is -0.416. The third-order valence-corrected chi connectivity index (χ3v) is 4.48. The van der Waals surface area contributed by atoms with Crippen molar-refractivity contribution in [2.24, 2.45) is 0 Å². The van der Waals surface area contributed by atoms with Gasteiger partial charge in [0.2, 0.25) is 5.88 Å². The van der Waals surface area contributed by atoms with Crippen LogP contribution in [0.1, 0.15) is 11.6 Å².